The third kappa shape index (κ3) is 3.59. The van der Waals surface area contributed by atoms with Crippen molar-refractivity contribution < 1.29 is 18.0 Å². The maximum absolute atomic E-state index is 11.7. The second kappa shape index (κ2) is 4.33. The van der Waals surface area contributed by atoms with Gasteiger partial charge < -0.3 is 5.32 Å². The van der Waals surface area contributed by atoms with E-state index in [1.807, 2.05) is 5.32 Å². The van der Waals surface area contributed by atoms with Crippen molar-refractivity contribution in [2.45, 2.75) is 38.9 Å². The Morgan fingerprint density at radius 2 is 1.75 bits per heavy atom. The number of amides is 1. The lowest BCUT2D eigenvalue weighted by Gasteiger charge is -2.15. The minimum Gasteiger partial charge on any atom is -0.346 e. The largest absolute Gasteiger partial charge is 0.471 e. The molecule has 0 atom stereocenters. The van der Waals surface area contributed by atoms with Crippen LogP contribution in [-0.2, 0) is 4.79 Å². The van der Waals surface area contributed by atoms with Crippen molar-refractivity contribution in [3.05, 3.63) is 0 Å². The Labute approximate surface area is 69.1 Å². The SMILES string of the molecule is CCC(CC)NC(=O)C(F)(F)F. The van der Waals surface area contributed by atoms with Gasteiger partial charge in [0.15, 0.2) is 0 Å². The Kier molecular flexibility index (Phi) is 4.06. The molecule has 1 N–H and O–H groups in total. The average Bonchev–Trinajstić information content (AvgIpc) is 1.97. The first kappa shape index (κ1) is 11.3. The molecule has 0 spiro atoms. The molecule has 0 aromatic rings. The summed E-state index contributed by atoms with van der Waals surface area (Å²) < 4.78 is 35.0. The van der Waals surface area contributed by atoms with E-state index >= 15 is 0 Å². The topological polar surface area (TPSA) is 29.1 Å². The molecule has 0 bridgehead atoms. The van der Waals surface area contributed by atoms with Crippen LogP contribution in [0.4, 0.5) is 13.2 Å². The van der Waals surface area contributed by atoms with Crippen LogP contribution in [0, 0.1) is 0 Å². The molecule has 0 saturated heterocycles. The molecule has 0 heterocycles. The van der Waals surface area contributed by atoms with Crippen LogP contribution >= 0.6 is 0 Å². The van der Waals surface area contributed by atoms with Crippen LogP contribution in [0.5, 0.6) is 0 Å². The molecule has 0 aliphatic heterocycles. The summed E-state index contributed by atoms with van der Waals surface area (Å²) in [5, 5.41) is 1.89. The van der Waals surface area contributed by atoms with Crippen molar-refractivity contribution in [2.24, 2.45) is 0 Å². The van der Waals surface area contributed by atoms with E-state index in [2.05, 4.69) is 0 Å². The van der Waals surface area contributed by atoms with Gasteiger partial charge in [-0.05, 0) is 12.8 Å². The number of hydrogen-bond acceptors (Lipinski definition) is 1. The van der Waals surface area contributed by atoms with Gasteiger partial charge in [0.25, 0.3) is 0 Å². The van der Waals surface area contributed by atoms with Gasteiger partial charge in [-0.15, -0.1) is 0 Å². The molecule has 0 aliphatic rings. The molecule has 0 unspecified atom stereocenters. The average molecular weight is 183 g/mol. The molecule has 12 heavy (non-hydrogen) atoms. The molecule has 72 valence electrons. The second-order valence-corrected chi connectivity index (χ2v) is 2.48. The summed E-state index contributed by atoms with van der Waals surface area (Å²) >= 11 is 0. The van der Waals surface area contributed by atoms with Gasteiger partial charge in [0.2, 0.25) is 0 Å². The van der Waals surface area contributed by atoms with Crippen molar-refractivity contribution in [1.82, 2.24) is 5.32 Å². The van der Waals surface area contributed by atoms with Crippen LogP contribution in [-0.4, -0.2) is 18.1 Å². The van der Waals surface area contributed by atoms with E-state index < -0.39 is 12.1 Å². The standard InChI is InChI=1S/C7H12F3NO/c1-3-5(4-2)11-6(12)7(8,9)10/h5H,3-4H2,1-2H3,(H,11,12). The molecule has 0 saturated carbocycles. The fourth-order valence-electron chi connectivity index (χ4n) is 0.760. The molecular formula is C7H12F3NO. The summed E-state index contributed by atoms with van der Waals surface area (Å²) in [6.07, 6.45) is -3.74. The van der Waals surface area contributed by atoms with Crippen molar-refractivity contribution >= 4 is 5.91 Å². The van der Waals surface area contributed by atoms with Gasteiger partial charge in [-0.2, -0.15) is 13.2 Å². The van der Waals surface area contributed by atoms with E-state index in [-0.39, 0.29) is 6.04 Å². The Morgan fingerprint density at radius 1 is 1.33 bits per heavy atom. The van der Waals surface area contributed by atoms with Crippen LogP contribution < -0.4 is 5.32 Å². The number of hydrogen-bond donors (Lipinski definition) is 1. The number of nitrogens with one attached hydrogen (secondary N) is 1. The minimum atomic E-state index is -4.76. The Balaban J connectivity index is 3.99. The number of alkyl halides is 3. The van der Waals surface area contributed by atoms with E-state index in [0.717, 1.165) is 0 Å². The fraction of sp³-hybridized carbons (Fsp3) is 0.857. The smallest absolute Gasteiger partial charge is 0.346 e. The molecule has 0 aliphatic carbocycles. The summed E-state index contributed by atoms with van der Waals surface area (Å²) in [7, 11) is 0. The summed E-state index contributed by atoms with van der Waals surface area (Å²) in [6, 6.07) is -0.376. The Morgan fingerprint density at radius 3 is 2.00 bits per heavy atom. The molecule has 0 aromatic heterocycles. The summed E-state index contributed by atoms with van der Waals surface area (Å²) in [5.74, 6) is -1.85. The van der Waals surface area contributed by atoms with E-state index in [4.69, 9.17) is 0 Å². The zero-order chi connectivity index (χ0) is 9.78. The van der Waals surface area contributed by atoms with E-state index in [1.165, 1.54) is 0 Å². The highest BCUT2D eigenvalue weighted by atomic mass is 19.4. The quantitative estimate of drug-likeness (QED) is 0.710. The number of halogens is 3. The van der Waals surface area contributed by atoms with E-state index in [9.17, 15) is 18.0 Å². The zero-order valence-electron chi connectivity index (χ0n) is 7.03. The van der Waals surface area contributed by atoms with Gasteiger partial charge in [-0.25, -0.2) is 0 Å². The van der Waals surface area contributed by atoms with Gasteiger partial charge in [0.05, 0.1) is 0 Å². The highest BCUT2D eigenvalue weighted by Gasteiger charge is 2.39. The van der Waals surface area contributed by atoms with Crippen molar-refractivity contribution in [1.29, 1.82) is 0 Å². The van der Waals surface area contributed by atoms with Crippen molar-refractivity contribution in [3.63, 3.8) is 0 Å². The number of carbonyl (C=O) groups excluding carboxylic acids is 1. The molecule has 0 rings (SSSR count). The van der Waals surface area contributed by atoms with Gasteiger partial charge in [-0.3, -0.25) is 4.79 Å². The lowest BCUT2D eigenvalue weighted by atomic mass is 10.2. The van der Waals surface area contributed by atoms with Gasteiger partial charge in [0, 0.05) is 6.04 Å². The zero-order valence-corrected chi connectivity index (χ0v) is 7.03. The van der Waals surface area contributed by atoms with E-state index in [1.54, 1.807) is 13.8 Å². The molecule has 0 aromatic carbocycles. The third-order valence-electron chi connectivity index (χ3n) is 1.58. The summed E-state index contributed by atoms with van der Waals surface area (Å²) in [5.41, 5.74) is 0. The predicted molar refractivity (Wildman–Crippen MR) is 38.6 cm³/mol. The van der Waals surface area contributed by atoms with Crippen LogP contribution in [0.2, 0.25) is 0 Å². The first-order valence-electron chi connectivity index (χ1n) is 3.79. The lowest BCUT2D eigenvalue weighted by molar-refractivity contribution is -0.174. The molecular weight excluding hydrogens is 171 g/mol. The minimum absolute atomic E-state index is 0.376. The van der Waals surface area contributed by atoms with Crippen LogP contribution in [0.25, 0.3) is 0 Å². The maximum Gasteiger partial charge on any atom is 0.471 e. The predicted octanol–water partition coefficient (Wildman–Crippen LogP) is 1.85. The van der Waals surface area contributed by atoms with Crippen LogP contribution in [0.15, 0.2) is 0 Å². The molecule has 0 radical (unpaired) electrons. The van der Waals surface area contributed by atoms with Gasteiger partial charge in [-0.1, -0.05) is 13.8 Å². The van der Waals surface area contributed by atoms with Gasteiger partial charge >= 0.3 is 12.1 Å². The van der Waals surface area contributed by atoms with Gasteiger partial charge in [0.1, 0.15) is 0 Å². The van der Waals surface area contributed by atoms with E-state index in [0.29, 0.717) is 12.8 Å². The molecule has 2 nitrogen and oxygen atoms in total. The first-order valence-corrected chi connectivity index (χ1v) is 3.79. The Bertz CT molecular complexity index is 151. The fourth-order valence-corrected chi connectivity index (χ4v) is 0.760. The van der Waals surface area contributed by atoms with Crippen LogP contribution in [0.3, 0.4) is 0 Å². The third-order valence-corrected chi connectivity index (χ3v) is 1.58. The monoisotopic (exact) mass is 183 g/mol. The molecule has 1 amide bonds. The summed E-state index contributed by atoms with van der Waals surface area (Å²) in [6.45, 7) is 3.45. The second-order valence-electron chi connectivity index (χ2n) is 2.48. The summed E-state index contributed by atoms with van der Waals surface area (Å²) in [4.78, 5) is 10.4. The normalized spacial score (nSPS) is 11.8. The first-order chi connectivity index (χ1) is 5.41. The molecule has 0 fully saturated rings. The highest BCUT2D eigenvalue weighted by Crippen LogP contribution is 2.15. The number of rotatable bonds is 3. The van der Waals surface area contributed by atoms with Crippen molar-refractivity contribution in [3.8, 4) is 0 Å². The highest BCUT2D eigenvalue weighted by molar-refractivity contribution is 5.81. The lowest BCUT2D eigenvalue weighted by Crippen LogP contribution is -2.42. The van der Waals surface area contributed by atoms with Crippen LogP contribution in [0.1, 0.15) is 26.7 Å². The Hall–Kier alpha value is -0.740. The molecule has 5 heteroatoms. The van der Waals surface area contributed by atoms with Crippen molar-refractivity contribution in [2.75, 3.05) is 0 Å². The maximum atomic E-state index is 11.7. The number of carbonyl (C=O) groups is 1.